The summed E-state index contributed by atoms with van der Waals surface area (Å²) in [6.07, 6.45) is 5.98. The van der Waals surface area contributed by atoms with E-state index in [-0.39, 0.29) is 5.91 Å². The van der Waals surface area contributed by atoms with Crippen molar-refractivity contribution in [1.82, 2.24) is 5.32 Å². The molecule has 5 heteroatoms. The lowest BCUT2D eigenvalue weighted by molar-refractivity contribution is -0.148. The third kappa shape index (κ3) is 3.82. The first-order valence-corrected chi connectivity index (χ1v) is 8.12. The minimum Gasteiger partial charge on any atom is -0.480 e. The fraction of sp³-hybridized carbons (Fsp3) is 0.600. The number of aliphatic carboxylic acids is 1. The normalized spacial score (nSPS) is 18.2. The molecule has 0 aromatic carbocycles. The highest BCUT2D eigenvalue weighted by atomic mass is 32.1. The van der Waals surface area contributed by atoms with Crippen molar-refractivity contribution < 1.29 is 14.7 Å². The molecule has 0 saturated heterocycles. The second-order valence-corrected chi connectivity index (χ2v) is 6.26. The maximum atomic E-state index is 12.1. The Hall–Kier alpha value is -1.36. The molecule has 4 nitrogen and oxygen atoms in total. The molecule has 2 rings (SSSR count). The van der Waals surface area contributed by atoms with Gasteiger partial charge in [0.2, 0.25) is 5.91 Å². The molecule has 2 N–H and O–H groups in total. The van der Waals surface area contributed by atoms with Crippen LogP contribution >= 0.6 is 11.3 Å². The maximum absolute atomic E-state index is 12.1. The molecule has 0 unspecified atom stereocenters. The summed E-state index contributed by atoms with van der Waals surface area (Å²) < 4.78 is 0. The van der Waals surface area contributed by atoms with E-state index in [4.69, 9.17) is 0 Å². The van der Waals surface area contributed by atoms with Crippen molar-refractivity contribution >= 4 is 23.2 Å². The largest absolute Gasteiger partial charge is 0.480 e. The van der Waals surface area contributed by atoms with Crippen LogP contribution in [0.4, 0.5) is 0 Å². The van der Waals surface area contributed by atoms with Gasteiger partial charge >= 0.3 is 5.97 Å². The highest BCUT2D eigenvalue weighted by Crippen LogP contribution is 2.27. The molecule has 0 radical (unpaired) electrons. The number of carbonyl (C=O) groups is 2. The van der Waals surface area contributed by atoms with E-state index >= 15 is 0 Å². The first kappa shape index (κ1) is 15.0. The van der Waals surface area contributed by atoms with Gasteiger partial charge in [-0.25, -0.2) is 4.79 Å². The van der Waals surface area contributed by atoms with E-state index in [0.717, 1.165) is 31.2 Å². The number of thiophene rings is 1. The number of rotatable bonds is 5. The Labute approximate surface area is 123 Å². The summed E-state index contributed by atoms with van der Waals surface area (Å²) in [6.45, 7) is 0. The molecule has 1 aliphatic carbocycles. The zero-order valence-electron chi connectivity index (χ0n) is 11.6. The summed E-state index contributed by atoms with van der Waals surface area (Å²) in [5, 5.41) is 16.3. The van der Waals surface area contributed by atoms with Gasteiger partial charge in [0.05, 0.1) is 0 Å². The number of nitrogens with one attached hydrogen (secondary N) is 1. The Balaban J connectivity index is 1.93. The van der Waals surface area contributed by atoms with E-state index in [1.165, 1.54) is 0 Å². The van der Waals surface area contributed by atoms with Crippen LogP contribution in [0.5, 0.6) is 0 Å². The molecule has 110 valence electrons. The highest BCUT2D eigenvalue weighted by molar-refractivity contribution is 7.07. The smallest absolute Gasteiger partial charge is 0.329 e. The van der Waals surface area contributed by atoms with Gasteiger partial charge in [-0.2, -0.15) is 11.3 Å². The van der Waals surface area contributed by atoms with E-state index in [0.29, 0.717) is 25.7 Å². The summed E-state index contributed by atoms with van der Waals surface area (Å²) in [5.41, 5.74) is 0.0952. The van der Waals surface area contributed by atoms with Gasteiger partial charge in [0.1, 0.15) is 5.54 Å². The SMILES string of the molecule is O=C(CCc1ccsc1)NC1(C(=O)O)CCCCCC1. The zero-order valence-corrected chi connectivity index (χ0v) is 12.4. The van der Waals surface area contributed by atoms with Crippen LogP contribution in [0, 0.1) is 0 Å². The molecule has 1 fully saturated rings. The van der Waals surface area contributed by atoms with Crippen molar-refractivity contribution in [3.8, 4) is 0 Å². The lowest BCUT2D eigenvalue weighted by Gasteiger charge is -2.29. The van der Waals surface area contributed by atoms with Crippen molar-refractivity contribution in [2.75, 3.05) is 0 Å². The van der Waals surface area contributed by atoms with Crippen LogP contribution in [-0.4, -0.2) is 22.5 Å². The van der Waals surface area contributed by atoms with Crippen LogP contribution in [0.15, 0.2) is 16.8 Å². The van der Waals surface area contributed by atoms with Crippen LogP contribution in [0.1, 0.15) is 50.5 Å². The van der Waals surface area contributed by atoms with Gasteiger partial charge < -0.3 is 10.4 Å². The van der Waals surface area contributed by atoms with Gasteiger partial charge in [-0.15, -0.1) is 0 Å². The number of carboxylic acid groups (broad SMARTS) is 1. The van der Waals surface area contributed by atoms with Gasteiger partial charge in [0.15, 0.2) is 0 Å². The molecule has 1 aromatic heterocycles. The van der Waals surface area contributed by atoms with Gasteiger partial charge in [0.25, 0.3) is 0 Å². The molecule has 1 saturated carbocycles. The lowest BCUT2D eigenvalue weighted by Crippen LogP contribution is -2.54. The Morgan fingerprint density at radius 3 is 2.50 bits per heavy atom. The highest BCUT2D eigenvalue weighted by Gasteiger charge is 2.39. The molecule has 0 bridgehead atoms. The fourth-order valence-electron chi connectivity index (χ4n) is 2.75. The molecule has 1 heterocycles. The second kappa shape index (κ2) is 6.88. The number of amides is 1. The molecule has 1 amide bonds. The molecule has 20 heavy (non-hydrogen) atoms. The van der Waals surface area contributed by atoms with Crippen molar-refractivity contribution in [2.24, 2.45) is 0 Å². The minimum atomic E-state index is -1.04. The third-order valence-electron chi connectivity index (χ3n) is 3.97. The number of hydrogen-bond donors (Lipinski definition) is 2. The van der Waals surface area contributed by atoms with Crippen LogP contribution < -0.4 is 5.32 Å². The minimum absolute atomic E-state index is 0.152. The van der Waals surface area contributed by atoms with E-state index in [9.17, 15) is 14.7 Å². The number of hydrogen-bond acceptors (Lipinski definition) is 3. The molecular weight excluding hydrogens is 274 g/mol. The second-order valence-electron chi connectivity index (χ2n) is 5.48. The van der Waals surface area contributed by atoms with E-state index < -0.39 is 11.5 Å². The number of carbonyl (C=O) groups excluding carboxylic acids is 1. The lowest BCUT2D eigenvalue weighted by atomic mass is 9.90. The quantitative estimate of drug-likeness (QED) is 0.821. The molecule has 0 spiro atoms. The van der Waals surface area contributed by atoms with Crippen LogP contribution in [0.3, 0.4) is 0 Å². The van der Waals surface area contributed by atoms with Crippen molar-refractivity contribution in [1.29, 1.82) is 0 Å². The zero-order chi connectivity index (χ0) is 14.4. The fourth-order valence-corrected chi connectivity index (χ4v) is 3.45. The number of aryl methyl sites for hydroxylation is 1. The molecule has 1 aliphatic rings. The Morgan fingerprint density at radius 1 is 1.25 bits per heavy atom. The predicted molar refractivity (Wildman–Crippen MR) is 78.9 cm³/mol. The van der Waals surface area contributed by atoms with Crippen molar-refractivity contribution in [3.05, 3.63) is 22.4 Å². The maximum Gasteiger partial charge on any atom is 0.329 e. The Kier molecular flexibility index (Phi) is 5.17. The number of carboxylic acids is 1. The molecule has 0 atom stereocenters. The van der Waals surface area contributed by atoms with Gasteiger partial charge in [-0.1, -0.05) is 25.7 Å². The van der Waals surface area contributed by atoms with E-state index in [1.807, 2.05) is 16.8 Å². The summed E-state index contributed by atoms with van der Waals surface area (Å²) >= 11 is 1.61. The summed E-state index contributed by atoms with van der Waals surface area (Å²) in [7, 11) is 0. The van der Waals surface area contributed by atoms with Crippen molar-refractivity contribution in [2.45, 2.75) is 56.9 Å². The van der Waals surface area contributed by atoms with E-state index in [2.05, 4.69) is 5.32 Å². The third-order valence-corrected chi connectivity index (χ3v) is 4.70. The summed E-state index contributed by atoms with van der Waals surface area (Å²) in [4.78, 5) is 23.6. The monoisotopic (exact) mass is 295 g/mol. The van der Waals surface area contributed by atoms with Crippen molar-refractivity contribution in [3.63, 3.8) is 0 Å². The Morgan fingerprint density at radius 2 is 1.95 bits per heavy atom. The molecule has 1 aromatic rings. The average Bonchev–Trinajstić information content (AvgIpc) is 2.82. The average molecular weight is 295 g/mol. The first-order valence-electron chi connectivity index (χ1n) is 7.18. The molecular formula is C15H21NO3S. The van der Waals surface area contributed by atoms with E-state index in [1.54, 1.807) is 11.3 Å². The summed E-state index contributed by atoms with van der Waals surface area (Å²) in [5.74, 6) is -1.04. The predicted octanol–water partition coefficient (Wildman–Crippen LogP) is 2.97. The van der Waals surface area contributed by atoms with Gasteiger partial charge in [-0.3, -0.25) is 4.79 Å². The van der Waals surface area contributed by atoms with Gasteiger partial charge in [-0.05, 0) is 41.7 Å². The summed E-state index contributed by atoms with van der Waals surface area (Å²) in [6, 6.07) is 2.00. The van der Waals surface area contributed by atoms with Crippen LogP contribution in [-0.2, 0) is 16.0 Å². The standard InChI is InChI=1S/C15H21NO3S/c17-13(6-5-12-7-10-20-11-12)16-15(14(18)19)8-3-1-2-4-9-15/h7,10-11H,1-6,8-9H2,(H,16,17)(H,18,19). The molecule has 0 aliphatic heterocycles. The van der Waals surface area contributed by atoms with Crippen LogP contribution in [0.2, 0.25) is 0 Å². The van der Waals surface area contributed by atoms with Crippen LogP contribution in [0.25, 0.3) is 0 Å². The Bertz CT molecular complexity index is 448. The first-order chi connectivity index (χ1) is 9.62. The van der Waals surface area contributed by atoms with Gasteiger partial charge in [0, 0.05) is 6.42 Å². The topological polar surface area (TPSA) is 66.4 Å².